The van der Waals surface area contributed by atoms with Crippen LogP contribution in [0.5, 0.6) is 5.75 Å². The molecule has 4 nitrogen and oxygen atoms in total. The maximum atomic E-state index is 14.1. The quantitative estimate of drug-likeness (QED) is 0.245. The number of fused-ring (bicyclic) bond motifs is 3. The second kappa shape index (κ2) is 9.17. The number of hydrogen-bond acceptors (Lipinski definition) is 4. The predicted molar refractivity (Wildman–Crippen MR) is 132 cm³/mol. The van der Waals surface area contributed by atoms with Gasteiger partial charge in [0.1, 0.15) is 18.1 Å². The SMILES string of the molecule is O=c1c(-c2ccc(Br)cc2)c(C(F)(F)F)oc2c3c(ccc12)OCN(Cc1ccc(Cl)cc1Cl)C3. The van der Waals surface area contributed by atoms with Crippen LogP contribution in [0.25, 0.3) is 22.1 Å². The molecule has 1 aliphatic heterocycles. The highest BCUT2D eigenvalue weighted by Gasteiger charge is 2.40. The Morgan fingerprint density at radius 2 is 1.77 bits per heavy atom. The van der Waals surface area contributed by atoms with Crippen molar-refractivity contribution in [3.8, 4) is 16.9 Å². The van der Waals surface area contributed by atoms with E-state index in [4.69, 9.17) is 32.4 Å². The molecule has 0 saturated heterocycles. The molecule has 5 rings (SSSR count). The molecule has 180 valence electrons. The first-order valence-corrected chi connectivity index (χ1v) is 11.9. The molecule has 0 fully saturated rings. The van der Waals surface area contributed by atoms with Crippen molar-refractivity contribution in [2.24, 2.45) is 0 Å². The Kier molecular flexibility index (Phi) is 6.34. The zero-order valence-electron chi connectivity index (χ0n) is 17.8. The number of alkyl halides is 3. The van der Waals surface area contributed by atoms with E-state index in [1.54, 1.807) is 36.4 Å². The van der Waals surface area contributed by atoms with E-state index in [9.17, 15) is 18.0 Å². The first-order valence-electron chi connectivity index (χ1n) is 10.4. The molecule has 2 heterocycles. The van der Waals surface area contributed by atoms with Crippen molar-refractivity contribution < 1.29 is 22.3 Å². The van der Waals surface area contributed by atoms with Crippen molar-refractivity contribution in [3.05, 3.63) is 96.2 Å². The molecular weight excluding hydrogens is 570 g/mol. The summed E-state index contributed by atoms with van der Waals surface area (Å²) in [5.74, 6) is -0.979. The number of hydrogen-bond donors (Lipinski definition) is 0. The van der Waals surface area contributed by atoms with Crippen molar-refractivity contribution in [1.29, 1.82) is 0 Å². The zero-order valence-corrected chi connectivity index (χ0v) is 20.9. The summed E-state index contributed by atoms with van der Waals surface area (Å²) < 4.78 is 54.2. The molecule has 0 saturated carbocycles. The Balaban J connectivity index is 1.63. The lowest BCUT2D eigenvalue weighted by atomic mass is 10.00. The normalized spacial score (nSPS) is 14.1. The average molecular weight is 585 g/mol. The fourth-order valence-corrected chi connectivity index (χ4v) is 4.81. The second-order valence-corrected chi connectivity index (χ2v) is 9.81. The number of halogens is 6. The minimum absolute atomic E-state index is 0.0460. The second-order valence-electron chi connectivity index (χ2n) is 8.06. The molecule has 10 heteroatoms. The van der Waals surface area contributed by atoms with Gasteiger partial charge in [-0.2, -0.15) is 13.2 Å². The lowest BCUT2D eigenvalue weighted by Crippen LogP contribution is -2.32. The van der Waals surface area contributed by atoms with Crippen molar-refractivity contribution in [1.82, 2.24) is 4.90 Å². The topological polar surface area (TPSA) is 42.7 Å². The molecule has 4 aromatic rings. The zero-order chi connectivity index (χ0) is 24.9. The number of benzene rings is 3. The average Bonchev–Trinajstić information content (AvgIpc) is 2.81. The number of rotatable bonds is 3. The molecular formula is C25H15BrCl2F3NO3. The third-order valence-electron chi connectivity index (χ3n) is 5.70. The smallest absolute Gasteiger partial charge is 0.450 e. The van der Waals surface area contributed by atoms with Gasteiger partial charge in [0.05, 0.1) is 16.5 Å². The van der Waals surface area contributed by atoms with Gasteiger partial charge >= 0.3 is 6.18 Å². The van der Waals surface area contributed by atoms with E-state index >= 15 is 0 Å². The van der Waals surface area contributed by atoms with Crippen LogP contribution < -0.4 is 10.2 Å². The van der Waals surface area contributed by atoms with Gasteiger partial charge in [-0.3, -0.25) is 9.69 Å². The van der Waals surface area contributed by atoms with Crippen LogP contribution in [0, 0.1) is 0 Å². The largest absolute Gasteiger partial charge is 0.478 e. The van der Waals surface area contributed by atoms with Crippen molar-refractivity contribution >= 4 is 50.1 Å². The van der Waals surface area contributed by atoms with Crippen LogP contribution in [0.2, 0.25) is 10.0 Å². The lowest BCUT2D eigenvalue weighted by Gasteiger charge is -2.29. The molecule has 35 heavy (non-hydrogen) atoms. The van der Waals surface area contributed by atoms with Gasteiger partial charge < -0.3 is 9.15 Å². The summed E-state index contributed by atoms with van der Waals surface area (Å²) in [6.45, 7) is 0.744. The molecule has 0 aliphatic carbocycles. The van der Waals surface area contributed by atoms with E-state index < -0.39 is 22.9 Å². The van der Waals surface area contributed by atoms with Crippen LogP contribution in [0.4, 0.5) is 13.2 Å². The summed E-state index contributed by atoms with van der Waals surface area (Å²) in [4.78, 5) is 15.2. The van der Waals surface area contributed by atoms with Gasteiger partial charge in [-0.25, -0.2) is 0 Å². The highest BCUT2D eigenvalue weighted by atomic mass is 79.9. The first-order chi connectivity index (χ1) is 16.6. The van der Waals surface area contributed by atoms with Crippen LogP contribution in [0.1, 0.15) is 16.9 Å². The van der Waals surface area contributed by atoms with Gasteiger partial charge in [0.15, 0.2) is 0 Å². The molecule has 0 spiro atoms. The van der Waals surface area contributed by atoms with Crippen LogP contribution in [-0.4, -0.2) is 11.6 Å². The molecule has 0 N–H and O–H groups in total. The highest BCUT2D eigenvalue weighted by Crippen LogP contribution is 2.40. The maximum Gasteiger partial charge on any atom is 0.450 e. The maximum absolute atomic E-state index is 14.1. The fraction of sp³-hybridized carbons (Fsp3) is 0.160. The Hall–Kier alpha value is -2.52. The van der Waals surface area contributed by atoms with Crippen molar-refractivity contribution in [2.45, 2.75) is 19.3 Å². The van der Waals surface area contributed by atoms with Gasteiger partial charge in [0.25, 0.3) is 0 Å². The number of ether oxygens (including phenoxy) is 1. The van der Waals surface area contributed by atoms with E-state index in [2.05, 4.69) is 15.9 Å². The van der Waals surface area contributed by atoms with E-state index in [0.29, 0.717) is 32.4 Å². The summed E-state index contributed by atoms with van der Waals surface area (Å²) in [6.07, 6.45) is -4.88. The summed E-state index contributed by atoms with van der Waals surface area (Å²) in [6, 6.07) is 14.1. The Bertz CT molecular complexity index is 1500. The molecule has 0 atom stereocenters. The fourth-order valence-electron chi connectivity index (χ4n) is 4.08. The molecule has 1 aliphatic rings. The van der Waals surface area contributed by atoms with Crippen LogP contribution >= 0.6 is 39.1 Å². The van der Waals surface area contributed by atoms with E-state index in [-0.39, 0.29) is 29.8 Å². The van der Waals surface area contributed by atoms with Gasteiger partial charge in [-0.05, 0) is 47.5 Å². The van der Waals surface area contributed by atoms with Gasteiger partial charge in [-0.1, -0.05) is 57.3 Å². The summed E-state index contributed by atoms with van der Waals surface area (Å²) >= 11 is 15.5. The molecule has 0 radical (unpaired) electrons. The Labute approximate surface area is 215 Å². The molecule has 1 aromatic heterocycles. The minimum atomic E-state index is -4.88. The standard InChI is InChI=1S/C25H15BrCl2F3NO3/c26-15-4-1-13(2-5-15)21-22(33)17-7-8-20-18(23(17)35-24(21)25(29,30)31)11-32(12-34-20)10-14-3-6-16(27)9-19(14)28/h1-9H,10-12H2. The monoisotopic (exact) mass is 583 g/mol. The van der Waals surface area contributed by atoms with Gasteiger partial charge in [0.2, 0.25) is 11.2 Å². The van der Waals surface area contributed by atoms with Crippen LogP contribution in [0.3, 0.4) is 0 Å². The summed E-state index contributed by atoms with van der Waals surface area (Å²) in [5, 5.41) is 1.00. The van der Waals surface area contributed by atoms with E-state index in [0.717, 1.165) is 5.56 Å². The van der Waals surface area contributed by atoms with Gasteiger partial charge in [-0.15, -0.1) is 0 Å². The Morgan fingerprint density at radius 3 is 2.46 bits per heavy atom. The predicted octanol–water partition coefficient (Wildman–Crippen LogP) is 7.90. The third-order valence-corrected chi connectivity index (χ3v) is 6.82. The van der Waals surface area contributed by atoms with E-state index in [1.807, 2.05) is 4.90 Å². The van der Waals surface area contributed by atoms with Crippen molar-refractivity contribution in [3.63, 3.8) is 0 Å². The molecule has 0 unspecified atom stereocenters. The first kappa shape index (κ1) is 24.2. The van der Waals surface area contributed by atoms with Crippen LogP contribution in [0.15, 0.2) is 68.3 Å². The minimum Gasteiger partial charge on any atom is -0.478 e. The lowest BCUT2D eigenvalue weighted by molar-refractivity contribution is -0.152. The van der Waals surface area contributed by atoms with Crippen LogP contribution in [-0.2, 0) is 19.3 Å². The summed E-state index contributed by atoms with van der Waals surface area (Å²) in [7, 11) is 0. The Morgan fingerprint density at radius 1 is 1.03 bits per heavy atom. The molecule has 0 bridgehead atoms. The summed E-state index contributed by atoms with van der Waals surface area (Å²) in [5.41, 5.74) is -0.181. The van der Waals surface area contributed by atoms with Gasteiger partial charge in [0, 0.05) is 27.6 Å². The molecule has 0 amide bonds. The van der Waals surface area contributed by atoms with Crippen molar-refractivity contribution in [2.75, 3.05) is 6.73 Å². The third kappa shape index (κ3) is 4.68. The highest BCUT2D eigenvalue weighted by molar-refractivity contribution is 9.10. The number of nitrogens with zero attached hydrogens (tertiary/aromatic N) is 1. The molecule has 3 aromatic carbocycles. The van der Waals surface area contributed by atoms with E-state index in [1.165, 1.54) is 18.2 Å².